The minimum absolute atomic E-state index is 0.197. The van der Waals surface area contributed by atoms with Gasteiger partial charge in [0.25, 0.3) is 5.91 Å². The van der Waals surface area contributed by atoms with Gasteiger partial charge >= 0.3 is 0 Å². The summed E-state index contributed by atoms with van der Waals surface area (Å²) >= 11 is 1.58. The van der Waals surface area contributed by atoms with Gasteiger partial charge in [-0.05, 0) is 29.7 Å². The number of thiophene rings is 1. The molecule has 2 heterocycles. The van der Waals surface area contributed by atoms with Crippen LogP contribution in [-0.4, -0.2) is 20.9 Å². The van der Waals surface area contributed by atoms with Gasteiger partial charge in [0.1, 0.15) is 5.52 Å². The predicted molar refractivity (Wildman–Crippen MR) is 71.5 cm³/mol. The van der Waals surface area contributed by atoms with E-state index in [2.05, 4.69) is 10.3 Å². The van der Waals surface area contributed by atoms with E-state index in [4.69, 9.17) is 0 Å². The number of allylic oxidation sites excluding steroid dienone is 1. The molecule has 0 saturated heterocycles. The number of carbonyl (C=O) groups is 1. The number of benzene rings is 1. The zero-order valence-corrected chi connectivity index (χ0v) is 10.2. The van der Waals surface area contributed by atoms with E-state index < -0.39 is 0 Å². The lowest BCUT2D eigenvalue weighted by Gasteiger charge is -1.94. The van der Waals surface area contributed by atoms with Crippen LogP contribution in [0.25, 0.3) is 17.1 Å². The van der Waals surface area contributed by atoms with Gasteiger partial charge in [-0.25, -0.2) is 0 Å². The quantitative estimate of drug-likeness (QED) is 0.661. The van der Waals surface area contributed by atoms with Crippen LogP contribution < -0.4 is 0 Å². The maximum atomic E-state index is 12.0. The third-order valence-electron chi connectivity index (χ3n) is 2.49. The fraction of sp³-hybridized carbons (Fsp3) is 0. The van der Waals surface area contributed by atoms with Crippen LogP contribution in [0.3, 0.4) is 0 Å². The Morgan fingerprint density at radius 1 is 1.22 bits per heavy atom. The third-order valence-corrected chi connectivity index (χ3v) is 3.33. The van der Waals surface area contributed by atoms with E-state index in [1.165, 1.54) is 10.8 Å². The van der Waals surface area contributed by atoms with E-state index in [1.54, 1.807) is 17.4 Å². The standard InChI is InChI=1S/C13H9N3OS/c17-13(8-7-10-4-3-9-18-10)16-12-6-2-1-5-11(12)14-15-16/h1-9H. The average Bonchev–Trinajstić information content (AvgIpc) is 3.05. The third kappa shape index (κ3) is 1.96. The number of para-hydroxylation sites is 1. The Bertz CT molecular complexity index is 713. The average molecular weight is 255 g/mol. The van der Waals surface area contributed by atoms with E-state index in [0.29, 0.717) is 0 Å². The Morgan fingerprint density at radius 2 is 2.11 bits per heavy atom. The Labute approximate surface area is 107 Å². The second-order valence-corrected chi connectivity index (χ2v) is 4.66. The highest BCUT2D eigenvalue weighted by Crippen LogP contribution is 2.12. The van der Waals surface area contributed by atoms with Crippen molar-refractivity contribution in [3.8, 4) is 0 Å². The lowest BCUT2D eigenvalue weighted by Crippen LogP contribution is -2.08. The van der Waals surface area contributed by atoms with Crippen molar-refractivity contribution in [3.05, 3.63) is 52.7 Å². The van der Waals surface area contributed by atoms with Crippen LogP contribution in [0.2, 0.25) is 0 Å². The summed E-state index contributed by atoms with van der Waals surface area (Å²) < 4.78 is 1.30. The molecule has 5 heteroatoms. The smallest absolute Gasteiger partial charge is 0.267 e. The van der Waals surface area contributed by atoms with Crippen LogP contribution in [0, 0.1) is 0 Å². The van der Waals surface area contributed by atoms with Crippen LogP contribution in [-0.2, 0) is 0 Å². The molecular weight excluding hydrogens is 246 g/mol. The van der Waals surface area contributed by atoms with E-state index in [9.17, 15) is 4.79 Å². The van der Waals surface area contributed by atoms with E-state index in [-0.39, 0.29) is 5.91 Å². The van der Waals surface area contributed by atoms with Crippen molar-refractivity contribution in [2.45, 2.75) is 0 Å². The Kier molecular flexibility index (Phi) is 2.74. The first-order chi connectivity index (χ1) is 8.84. The molecule has 88 valence electrons. The van der Waals surface area contributed by atoms with Crippen LogP contribution in [0.15, 0.2) is 47.9 Å². The molecule has 3 aromatic rings. The summed E-state index contributed by atoms with van der Waals surface area (Å²) in [5, 5.41) is 9.78. The van der Waals surface area contributed by atoms with Crippen LogP contribution >= 0.6 is 11.3 Å². The highest BCUT2D eigenvalue weighted by atomic mass is 32.1. The molecule has 0 aliphatic heterocycles. The Morgan fingerprint density at radius 3 is 2.94 bits per heavy atom. The van der Waals surface area contributed by atoms with E-state index >= 15 is 0 Å². The zero-order chi connectivity index (χ0) is 12.4. The van der Waals surface area contributed by atoms with Crippen LogP contribution in [0.4, 0.5) is 0 Å². The molecule has 0 atom stereocenters. The number of fused-ring (bicyclic) bond motifs is 1. The van der Waals surface area contributed by atoms with Gasteiger partial charge in [0, 0.05) is 11.0 Å². The first kappa shape index (κ1) is 10.9. The molecule has 3 rings (SSSR count). The summed E-state index contributed by atoms with van der Waals surface area (Å²) in [7, 11) is 0. The number of hydrogen-bond donors (Lipinski definition) is 0. The van der Waals surface area contributed by atoms with Gasteiger partial charge < -0.3 is 0 Å². The molecule has 0 fully saturated rings. The molecule has 0 aliphatic carbocycles. The zero-order valence-electron chi connectivity index (χ0n) is 9.35. The minimum Gasteiger partial charge on any atom is -0.267 e. The molecule has 0 spiro atoms. The summed E-state index contributed by atoms with van der Waals surface area (Å²) in [6, 6.07) is 11.3. The van der Waals surface area contributed by atoms with Gasteiger partial charge in [0.15, 0.2) is 0 Å². The van der Waals surface area contributed by atoms with Crippen LogP contribution in [0.5, 0.6) is 0 Å². The molecule has 0 aliphatic rings. The van der Waals surface area contributed by atoms with Crippen molar-refractivity contribution in [1.29, 1.82) is 0 Å². The number of aromatic nitrogens is 3. The summed E-state index contributed by atoms with van der Waals surface area (Å²) in [6.07, 6.45) is 3.29. The summed E-state index contributed by atoms with van der Waals surface area (Å²) in [5.74, 6) is -0.197. The van der Waals surface area contributed by atoms with Gasteiger partial charge in [-0.1, -0.05) is 23.4 Å². The molecule has 0 radical (unpaired) electrons. The topological polar surface area (TPSA) is 47.8 Å². The normalized spacial score (nSPS) is 11.3. The van der Waals surface area contributed by atoms with Crippen LogP contribution in [0.1, 0.15) is 9.67 Å². The van der Waals surface area contributed by atoms with Crippen molar-refractivity contribution in [1.82, 2.24) is 15.0 Å². The van der Waals surface area contributed by atoms with Gasteiger partial charge in [-0.3, -0.25) is 4.79 Å². The highest BCUT2D eigenvalue weighted by molar-refractivity contribution is 7.10. The Balaban J connectivity index is 1.93. The van der Waals surface area contributed by atoms with Gasteiger partial charge in [0.05, 0.1) is 5.52 Å². The minimum atomic E-state index is -0.197. The first-order valence-corrected chi connectivity index (χ1v) is 6.29. The molecular formula is C13H9N3OS. The molecule has 18 heavy (non-hydrogen) atoms. The fourth-order valence-corrected chi connectivity index (χ4v) is 2.26. The monoisotopic (exact) mass is 255 g/mol. The molecule has 1 aromatic carbocycles. The predicted octanol–water partition coefficient (Wildman–Crippen LogP) is 2.85. The molecule has 4 nitrogen and oxygen atoms in total. The largest absolute Gasteiger partial charge is 0.272 e. The maximum Gasteiger partial charge on any atom is 0.272 e. The van der Waals surface area contributed by atoms with E-state index in [0.717, 1.165) is 15.9 Å². The fourth-order valence-electron chi connectivity index (χ4n) is 1.64. The number of hydrogen-bond acceptors (Lipinski definition) is 4. The lowest BCUT2D eigenvalue weighted by molar-refractivity contribution is 0.0958. The summed E-state index contributed by atoms with van der Waals surface area (Å²) in [4.78, 5) is 13.0. The molecule has 0 amide bonds. The van der Waals surface area contributed by atoms with Gasteiger partial charge in [0.2, 0.25) is 0 Å². The SMILES string of the molecule is O=C(C=Cc1cccs1)n1nnc2ccccc21. The summed E-state index contributed by atoms with van der Waals surface area (Å²) in [6.45, 7) is 0. The highest BCUT2D eigenvalue weighted by Gasteiger charge is 2.08. The van der Waals surface area contributed by atoms with Crippen molar-refractivity contribution in [2.24, 2.45) is 0 Å². The van der Waals surface area contributed by atoms with Gasteiger partial charge in [-0.2, -0.15) is 4.68 Å². The maximum absolute atomic E-state index is 12.0. The molecule has 2 aromatic heterocycles. The number of nitrogens with zero attached hydrogens (tertiary/aromatic N) is 3. The molecule has 0 bridgehead atoms. The summed E-state index contributed by atoms with van der Waals surface area (Å²) in [5.41, 5.74) is 1.44. The molecule has 0 unspecified atom stereocenters. The number of rotatable bonds is 2. The van der Waals surface area contributed by atoms with Crippen molar-refractivity contribution in [3.63, 3.8) is 0 Å². The second kappa shape index (κ2) is 4.54. The van der Waals surface area contributed by atoms with Crippen molar-refractivity contribution in [2.75, 3.05) is 0 Å². The second-order valence-electron chi connectivity index (χ2n) is 3.68. The van der Waals surface area contributed by atoms with Crippen molar-refractivity contribution >= 4 is 34.4 Å². The number of carbonyl (C=O) groups excluding carboxylic acids is 1. The first-order valence-electron chi connectivity index (χ1n) is 5.41. The van der Waals surface area contributed by atoms with E-state index in [1.807, 2.05) is 41.8 Å². The lowest BCUT2D eigenvalue weighted by atomic mass is 10.3. The Hall–Kier alpha value is -2.27. The van der Waals surface area contributed by atoms with Gasteiger partial charge in [-0.15, -0.1) is 16.4 Å². The molecule has 0 saturated carbocycles. The van der Waals surface area contributed by atoms with Crippen molar-refractivity contribution < 1.29 is 4.79 Å². The molecule has 0 N–H and O–H groups in total.